The van der Waals surface area contributed by atoms with E-state index in [2.05, 4.69) is 32.6 Å². The average molecular weight is 481 g/mol. The van der Waals surface area contributed by atoms with Crippen molar-refractivity contribution in [2.45, 2.75) is 13.0 Å². The van der Waals surface area contributed by atoms with Crippen LogP contribution in [-0.4, -0.2) is 70.5 Å². The number of benzene rings is 2. The van der Waals surface area contributed by atoms with Crippen molar-refractivity contribution in [1.29, 1.82) is 0 Å². The number of hydrogen-bond acceptors (Lipinski definition) is 7. The first-order valence-corrected chi connectivity index (χ1v) is 11.8. The van der Waals surface area contributed by atoms with Crippen LogP contribution in [0.25, 0.3) is 0 Å². The van der Waals surface area contributed by atoms with Crippen LogP contribution in [0, 0.1) is 0 Å². The van der Waals surface area contributed by atoms with Crippen LogP contribution < -0.4 is 25.0 Å². The van der Waals surface area contributed by atoms with Gasteiger partial charge in [0, 0.05) is 49.7 Å². The lowest BCUT2D eigenvalue weighted by atomic mass is 9.93. The zero-order valence-corrected chi connectivity index (χ0v) is 20.4. The molecule has 9 heteroatoms. The summed E-state index contributed by atoms with van der Waals surface area (Å²) < 4.78 is 16.4. The van der Waals surface area contributed by atoms with E-state index >= 15 is 0 Å². The number of rotatable bonds is 8. The number of esters is 1. The van der Waals surface area contributed by atoms with Gasteiger partial charge in [-0.15, -0.1) is 0 Å². The first-order valence-electron chi connectivity index (χ1n) is 11.8. The summed E-state index contributed by atoms with van der Waals surface area (Å²) in [5.74, 6) is 0.493. The minimum absolute atomic E-state index is 0.223. The second kappa shape index (κ2) is 11.1. The van der Waals surface area contributed by atoms with Gasteiger partial charge >= 0.3 is 12.0 Å². The maximum absolute atomic E-state index is 13.2. The fourth-order valence-electron chi connectivity index (χ4n) is 4.59. The van der Waals surface area contributed by atoms with Crippen molar-refractivity contribution >= 4 is 17.7 Å². The highest BCUT2D eigenvalue weighted by molar-refractivity contribution is 5.95. The summed E-state index contributed by atoms with van der Waals surface area (Å²) in [6.07, 6.45) is 0. The van der Waals surface area contributed by atoms with E-state index in [0.29, 0.717) is 34.9 Å². The van der Waals surface area contributed by atoms with E-state index < -0.39 is 12.0 Å². The number of nitrogens with zero attached hydrogens (tertiary/aromatic N) is 2. The van der Waals surface area contributed by atoms with Crippen LogP contribution in [-0.2, 0) is 9.53 Å². The first-order chi connectivity index (χ1) is 17.0. The van der Waals surface area contributed by atoms with Gasteiger partial charge in [-0.2, -0.15) is 0 Å². The van der Waals surface area contributed by atoms with Crippen LogP contribution in [0.2, 0.25) is 0 Å². The highest BCUT2D eigenvalue weighted by Crippen LogP contribution is 2.39. The number of methoxy groups -OCH3 is 2. The second-order valence-electron chi connectivity index (χ2n) is 8.33. The van der Waals surface area contributed by atoms with E-state index in [0.717, 1.165) is 26.2 Å². The van der Waals surface area contributed by atoms with Crippen LogP contribution in [0.4, 0.5) is 10.5 Å². The molecule has 2 amide bonds. The van der Waals surface area contributed by atoms with Gasteiger partial charge in [0.1, 0.15) is 0 Å². The molecule has 35 heavy (non-hydrogen) atoms. The fourth-order valence-corrected chi connectivity index (χ4v) is 4.59. The first kappa shape index (κ1) is 24.4. The van der Waals surface area contributed by atoms with Crippen molar-refractivity contribution in [2.75, 3.05) is 58.5 Å². The summed E-state index contributed by atoms with van der Waals surface area (Å²) in [6, 6.07) is 14.6. The van der Waals surface area contributed by atoms with Crippen LogP contribution in [0.1, 0.15) is 18.5 Å². The van der Waals surface area contributed by atoms with Crippen LogP contribution in [0.15, 0.2) is 59.8 Å². The minimum Gasteiger partial charge on any atom is -0.493 e. The zero-order valence-electron chi connectivity index (χ0n) is 20.4. The Labute approximate surface area is 205 Å². The highest BCUT2D eigenvalue weighted by atomic mass is 16.5. The van der Waals surface area contributed by atoms with Gasteiger partial charge in [0.2, 0.25) is 0 Å². The number of hydrogen-bond donors (Lipinski definition) is 2. The van der Waals surface area contributed by atoms with E-state index in [9.17, 15) is 9.59 Å². The number of para-hydroxylation sites is 2. The van der Waals surface area contributed by atoms with Gasteiger partial charge in [-0.3, -0.25) is 4.90 Å². The van der Waals surface area contributed by atoms with Crippen LogP contribution >= 0.6 is 0 Å². The molecule has 0 saturated carbocycles. The standard InChI is InChI=1S/C26H32N4O5/c1-4-35-25(31)22-20(17-29-13-15-30(16-14-29)18-9-6-5-7-10-18)27-26(32)28-23(22)19-11-8-12-21(33-2)24(19)34-3/h5-12,23H,4,13-17H2,1-3H3,(H2,27,28,32). The van der Waals surface area contributed by atoms with Crippen molar-refractivity contribution in [3.63, 3.8) is 0 Å². The van der Waals surface area contributed by atoms with Crippen LogP contribution in [0.5, 0.6) is 11.5 Å². The third kappa shape index (κ3) is 5.35. The van der Waals surface area contributed by atoms with Crippen molar-refractivity contribution < 1.29 is 23.8 Å². The molecule has 1 saturated heterocycles. The fraction of sp³-hybridized carbons (Fsp3) is 0.385. The second-order valence-corrected chi connectivity index (χ2v) is 8.33. The molecule has 0 radical (unpaired) electrons. The molecule has 2 N–H and O–H groups in total. The van der Waals surface area contributed by atoms with Crippen molar-refractivity contribution in [3.05, 3.63) is 65.4 Å². The molecule has 0 spiro atoms. The maximum atomic E-state index is 13.2. The topological polar surface area (TPSA) is 92.4 Å². The third-order valence-electron chi connectivity index (χ3n) is 6.27. The Morgan fingerprint density at radius 3 is 2.40 bits per heavy atom. The van der Waals surface area contributed by atoms with Gasteiger partial charge < -0.3 is 29.7 Å². The normalized spacial score (nSPS) is 18.5. The Balaban J connectivity index is 1.63. The number of carbonyl (C=O) groups excluding carboxylic acids is 2. The lowest BCUT2D eigenvalue weighted by molar-refractivity contribution is -0.139. The third-order valence-corrected chi connectivity index (χ3v) is 6.27. The van der Waals surface area contributed by atoms with E-state index in [4.69, 9.17) is 14.2 Å². The van der Waals surface area contributed by atoms with E-state index in [1.807, 2.05) is 24.3 Å². The van der Waals surface area contributed by atoms with Crippen LogP contribution in [0.3, 0.4) is 0 Å². The number of piperazine rings is 1. The summed E-state index contributed by atoms with van der Waals surface area (Å²) in [5.41, 5.74) is 2.72. The monoisotopic (exact) mass is 480 g/mol. The van der Waals surface area contributed by atoms with Gasteiger partial charge in [0.05, 0.1) is 32.4 Å². The Kier molecular flexibility index (Phi) is 7.77. The molecule has 0 aliphatic carbocycles. The Morgan fingerprint density at radius 2 is 1.74 bits per heavy atom. The molecular weight excluding hydrogens is 448 g/mol. The molecule has 2 aromatic carbocycles. The van der Waals surface area contributed by atoms with Gasteiger partial charge in [-0.1, -0.05) is 30.3 Å². The van der Waals surface area contributed by atoms with Gasteiger partial charge in [0.25, 0.3) is 0 Å². The Hall–Kier alpha value is -3.72. The molecule has 0 aromatic heterocycles. The lowest BCUT2D eigenvalue weighted by Crippen LogP contribution is -2.51. The maximum Gasteiger partial charge on any atom is 0.338 e. The predicted molar refractivity (Wildman–Crippen MR) is 133 cm³/mol. The molecule has 0 bridgehead atoms. The zero-order chi connectivity index (χ0) is 24.8. The molecule has 2 aliphatic heterocycles. The molecule has 2 aromatic rings. The van der Waals surface area contributed by atoms with E-state index in [1.54, 1.807) is 26.2 Å². The molecule has 2 heterocycles. The molecule has 1 atom stereocenters. The van der Waals surface area contributed by atoms with E-state index in [1.165, 1.54) is 12.8 Å². The number of amides is 2. The number of carbonyl (C=O) groups is 2. The number of urea groups is 1. The predicted octanol–water partition coefficient (Wildman–Crippen LogP) is 2.70. The SMILES string of the molecule is CCOC(=O)C1=C(CN2CCN(c3ccccc3)CC2)NC(=O)NC1c1cccc(OC)c1OC. The Bertz CT molecular complexity index is 1080. The highest BCUT2D eigenvalue weighted by Gasteiger charge is 2.36. The molecule has 1 unspecified atom stereocenters. The van der Waals surface area contributed by atoms with Crippen molar-refractivity contribution in [1.82, 2.24) is 15.5 Å². The Morgan fingerprint density at radius 1 is 1.00 bits per heavy atom. The molecule has 2 aliphatic rings. The summed E-state index contributed by atoms with van der Waals surface area (Å²) in [6.45, 7) is 5.71. The van der Waals surface area contributed by atoms with Crippen molar-refractivity contribution in [3.8, 4) is 11.5 Å². The number of anilines is 1. The molecule has 1 fully saturated rings. The van der Waals surface area contributed by atoms with Gasteiger partial charge in [-0.05, 0) is 25.1 Å². The lowest BCUT2D eigenvalue weighted by Gasteiger charge is -2.38. The number of nitrogens with one attached hydrogen (secondary N) is 2. The van der Waals surface area contributed by atoms with E-state index in [-0.39, 0.29) is 12.6 Å². The molecule has 9 nitrogen and oxygen atoms in total. The number of ether oxygens (including phenoxy) is 3. The summed E-state index contributed by atoms with van der Waals surface area (Å²) >= 11 is 0. The minimum atomic E-state index is -0.742. The smallest absolute Gasteiger partial charge is 0.338 e. The summed E-state index contributed by atoms with van der Waals surface area (Å²) in [4.78, 5) is 30.4. The molecular formula is C26H32N4O5. The van der Waals surface area contributed by atoms with Gasteiger partial charge in [0.15, 0.2) is 11.5 Å². The quantitative estimate of drug-likeness (QED) is 0.562. The summed E-state index contributed by atoms with van der Waals surface area (Å²) in [5, 5.41) is 5.74. The molecule has 4 rings (SSSR count). The van der Waals surface area contributed by atoms with Crippen molar-refractivity contribution in [2.24, 2.45) is 0 Å². The summed E-state index contributed by atoms with van der Waals surface area (Å²) in [7, 11) is 3.08. The largest absolute Gasteiger partial charge is 0.493 e. The average Bonchev–Trinajstić information content (AvgIpc) is 2.88. The van der Waals surface area contributed by atoms with Gasteiger partial charge in [-0.25, -0.2) is 9.59 Å². The molecule has 186 valence electrons.